The summed E-state index contributed by atoms with van der Waals surface area (Å²) in [5, 5.41) is 9.61. The maximum atomic E-state index is 12.1. The lowest BCUT2D eigenvalue weighted by molar-refractivity contribution is -0.142. The number of hydrogen-bond acceptors (Lipinski definition) is 7. The van der Waals surface area contributed by atoms with Gasteiger partial charge in [0.2, 0.25) is 5.91 Å². The van der Waals surface area contributed by atoms with Crippen LogP contribution in [0.15, 0.2) is 34.2 Å². The highest BCUT2D eigenvalue weighted by molar-refractivity contribution is 7.13. The molecular formula is C16H15N3O4S. The third kappa shape index (κ3) is 3.77. The first kappa shape index (κ1) is 16.1. The Labute approximate surface area is 141 Å². The first-order valence-corrected chi connectivity index (χ1v) is 8.27. The third-order valence-electron chi connectivity index (χ3n) is 3.21. The van der Waals surface area contributed by atoms with Crippen LogP contribution in [0.4, 0.5) is 5.13 Å². The third-order valence-corrected chi connectivity index (χ3v) is 4.02. The minimum Gasteiger partial charge on any atom is -0.466 e. The van der Waals surface area contributed by atoms with Crippen molar-refractivity contribution in [2.75, 3.05) is 11.9 Å². The Hall–Kier alpha value is -2.74. The smallest absolute Gasteiger partial charge is 0.311 e. The fourth-order valence-corrected chi connectivity index (χ4v) is 2.91. The van der Waals surface area contributed by atoms with Crippen molar-refractivity contribution in [2.24, 2.45) is 0 Å². The van der Waals surface area contributed by atoms with Gasteiger partial charge in [-0.05, 0) is 19.1 Å². The van der Waals surface area contributed by atoms with E-state index in [1.54, 1.807) is 18.4 Å². The number of anilines is 1. The number of amides is 1. The van der Waals surface area contributed by atoms with Crippen LogP contribution in [-0.2, 0) is 27.2 Å². The molecular weight excluding hydrogens is 330 g/mol. The second-order valence-corrected chi connectivity index (χ2v) is 5.83. The summed E-state index contributed by atoms with van der Waals surface area (Å²) in [6, 6.07) is 7.36. The second kappa shape index (κ2) is 7.22. The molecule has 3 rings (SSSR count). The van der Waals surface area contributed by atoms with Crippen molar-refractivity contribution in [1.82, 2.24) is 10.1 Å². The van der Waals surface area contributed by atoms with Gasteiger partial charge in [-0.25, -0.2) is 4.98 Å². The molecule has 1 aromatic carbocycles. The Bertz CT molecular complexity index is 871. The minimum atomic E-state index is -0.338. The molecule has 0 aliphatic heterocycles. The van der Waals surface area contributed by atoms with Crippen molar-refractivity contribution in [2.45, 2.75) is 19.8 Å². The Morgan fingerprint density at radius 3 is 2.96 bits per heavy atom. The summed E-state index contributed by atoms with van der Waals surface area (Å²) >= 11 is 1.26. The van der Waals surface area contributed by atoms with Crippen molar-refractivity contribution in [1.29, 1.82) is 0 Å². The Kier molecular flexibility index (Phi) is 4.85. The highest BCUT2D eigenvalue weighted by atomic mass is 32.1. The lowest BCUT2D eigenvalue weighted by atomic mass is 10.2. The van der Waals surface area contributed by atoms with E-state index >= 15 is 0 Å². The van der Waals surface area contributed by atoms with Crippen molar-refractivity contribution in [3.63, 3.8) is 0 Å². The molecule has 0 radical (unpaired) electrons. The van der Waals surface area contributed by atoms with Crippen LogP contribution in [0.25, 0.3) is 11.0 Å². The summed E-state index contributed by atoms with van der Waals surface area (Å²) in [7, 11) is 0. The number of ether oxygens (including phenoxy) is 1. The number of aromatic nitrogens is 2. The van der Waals surface area contributed by atoms with E-state index in [2.05, 4.69) is 15.5 Å². The van der Waals surface area contributed by atoms with Gasteiger partial charge < -0.3 is 14.6 Å². The molecule has 0 unspecified atom stereocenters. The predicted molar refractivity (Wildman–Crippen MR) is 88.8 cm³/mol. The number of nitrogens with zero attached hydrogens (tertiary/aromatic N) is 2. The van der Waals surface area contributed by atoms with Gasteiger partial charge >= 0.3 is 5.97 Å². The van der Waals surface area contributed by atoms with Crippen LogP contribution < -0.4 is 5.32 Å². The second-order valence-electron chi connectivity index (χ2n) is 4.98. The molecule has 0 bridgehead atoms. The molecule has 124 valence electrons. The van der Waals surface area contributed by atoms with Gasteiger partial charge in [-0.2, -0.15) is 0 Å². The number of nitrogens with one attached hydrogen (secondary N) is 1. The fourth-order valence-electron chi connectivity index (χ4n) is 2.19. The van der Waals surface area contributed by atoms with E-state index in [0.29, 0.717) is 28.7 Å². The van der Waals surface area contributed by atoms with Gasteiger partial charge in [-0.3, -0.25) is 9.59 Å². The van der Waals surface area contributed by atoms with Gasteiger partial charge in [-0.1, -0.05) is 17.3 Å². The normalized spacial score (nSPS) is 10.7. The highest BCUT2D eigenvalue weighted by Crippen LogP contribution is 2.20. The van der Waals surface area contributed by atoms with Gasteiger partial charge in [0.1, 0.15) is 5.69 Å². The average Bonchev–Trinajstić information content (AvgIpc) is 3.15. The van der Waals surface area contributed by atoms with Crippen molar-refractivity contribution < 1.29 is 18.8 Å². The maximum absolute atomic E-state index is 12.1. The molecule has 24 heavy (non-hydrogen) atoms. The number of thiazole rings is 1. The van der Waals surface area contributed by atoms with E-state index in [4.69, 9.17) is 9.26 Å². The Morgan fingerprint density at radius 1 is 1.29 bits per heavy atom. The zero-order valence-electron chi connectivity index (χ0n) is 12.9. The summed E-state index contributed by atoms with van der Waals surface area (Å²) in [6.45, 7) is 2.08. The topological polar surface area (TPSA) is 94.3 Å². The largest absolute Gasteiger partial charge is 0.466 e. The average molecular weight is 345 g/mol. The molecule has 0 saturated heterocycles. The van der Waals surface area contributed by atoms with E-state index in [0.717, 1.165) is 5.39 Å². The summed E-state index contributed by atoms with van der Waals surface area (Å²) in [6.07, 6.45) is 0.179. The Morgan fingerprint density at radius 2 is 2.12 bits per heavy atom. The van der Waals surface area contributed by atoms with Crippen LogP contribution in [0, 0.1) is 0 Å². The lowest BCUT2D eigenvalue weighted by Crippen LogP contribution is -2.15. The van der Waals surface area contributed by atoms with Crippen LogP contribution in [0.1, 0.15) is 18.3 Å². The Balaban J connectivity index is 1.61. The molecule has 2 heterocycles. The molecule has 0 aliphatic carbocycles. The van der Waals surface area contributed by atoms with E-state index in [1.165, 1.54) is 11.3 Å². The molecule has 7 nitrogen and oxygen atoms in total. The van der Waals surface area contributed by atoms with Gasteiger partial charge in [0.05, 0.1) is 25.1 Å². The number of para-hydroxylation sites is 1. The van der Waals surface area contributed by atoms with Crippen molar-refractivity contribution in [3.05, 3.63) is 41.0 Å². The maximum Gasteiger partial charge on any atom is 0.311 e. The number of carbonyl (C=O) groups is 2. The molecule has 1 N–H and O–H groups in total. The van der Waals surface area contributed by atoms with E-state index in [1.807, 2.05) is 18.2 Å². The molecule has 0 aliphatic rings. The highest BCUT2D eigenvalue weighted by Gasteiger charge is 2.14. The van der Waals surface area contributed by atoms with Crippen molar-refractivity contribution >= 4 is 39.3 Å². The minimum absolute atomic E-state index is 0.0871. The van der Waals surface area contributed by atoms with Crippen LogP contribution in [0.2, 0.25) is 0 Å². The number of rotatable bonds is 6. The molecule has 2 aromatic heterocycles. The molecule has 0 saturated carbocycles. The summed E-state index contributed by atoms with van der Waals surface area (Å²) in [5.74, 6) is -0.583. The first-order valence-electron chi connectivity index (χ1n) is 7.39. The van der Waals surface area contributed by atoms with Gasteiger partial charge in [0.25, 0.3) is 0 Å². The van der Waals surface area contributed by atoms with Crippen molar-refractivity contribution in [3.8, 4) is 0 Å². The number of hydrogen-bond donors (Lipinski definition) is 1. The number of benzene rings is 1. The lowest BCUT2D eigenvalue weighted by Gasteiger charge is -2.00. The van der Waals surface area contributed by atoms with E-state index in [9.17, 15) is 9.59 Å². The fraction of sp³-hybridized carbons (Fsp3) is 0.250. The van der Waals surface area contributed by atoms with Gasteiger partial charge in [-0.15, -0.1) is 11.3 Å². The quantitative estimate of drug-likeness (QED) is 0.690. The van der Waals surface area contributed by atoms with Crippen LogP contribution >= 0.6 is 11.3 Å². The molecule has 8 heteroatoms. The number of fused-ring (bicyclic) bond motifs is 1. The monoisotopic (exact) mass is 345 g/mol. The molecule has 1 amide bonds. The van der Waals surface area contributed by atoms with Gasteiger partial charge in [0, 0.05) is 10.8 Å². The van der Waals surface area contributed by atoms with Crippen LogP contribution in [-0.4, -0.2) is 28.6 Å². The SMILES string of the molecule is CCOC(=O)Cc1csc(NC(=O)Cc2noc3ccccc23)n1. The first-order chi connectivity index (χ1) is 11.7. The van der Waals surface area contributed by atoms with Crippen LogP contribution in [0.5, 0.6) is 0 Å². The molecule has 3 aromatic rings. The molecule has 0 atom stereocenters. The van der Waals surface area contributed by atoms with Gasteiger partial charge in [0.15, 0.2) is 10.7 Å². The zero-order valence-corrected chi connectivity index (χ0v) is 13.8. The molecule has 0 spiro atoms. The van der Waals surface area contributed by atoms with E-state index in [-0.39, 0.29) is 24.7 Å². The standard InChI is InChI=1S/C16H15N3O4S/c1-2-22-15(21)7-10-9-24-16(17-10)18-14(20)8-12-11-5-3-4-6-13(11)23-19-12/h3-6,9H,2,7-8H2,1H3,(H,17,18,20). The predicted octanol–water partition coefficient (Wildman–Crippen LogP) is 2.57. The number of carbonyl (C=O) groups excluding carboxylic acids is 2. The summed E-state index contributed by atoms with van der Waals surface area (Å²) in [5.41, 5.74) is 1.79. The van der Waals surface area contributed by atoms with Crippen LogP contribution in [0.3, 0.4) is 0 Å². The molecule has 0 fully saturated rings. The summed E-state index contributed by atoms with van der Waals surface area (Å²) < 4.78 is 10.0. The van der Waals surface area contributed by atoms with E-state index < -0.39 is 0 Å². The summed E-state index contributed by atoms with van der Waals surface area (Å²) in [4.78, 5) is 27.8. The zero-order chi connectivity index (χ0) is 16.9. The number of esters is 1.